The third kappa shape index (κ3) is 4.77. The Hall–Kier alpha value is -2.02. The van der Waals surface area contributed by atoms with E-state index in [2.05, 4.69) is 15.2 Å². The molecule has 0 fully saturated rings. The summed E-state index contributed by atoms with van der Waals surface area (Å²) in [4.78, 5) is 15.6. The fraction of sp³-hybridized carbons (Fsp3) is 0.400. The molecule has 118 valence electrons. The van der Waals surface area contributed by atoms with Crippen LogP contribution >= 0.6 is 11.8 Å². The molecule has 0 saturated heterocycles. The Bertz CT molecular complexity index is 598. The van der Waals surface area contributed by atoms with E-state index in [9.17, 15) is 4.79 Å². The predicted octanol–water partition coefficient (Wildman–Crippen LogP) is 2.92. The van der Waals surface area contributed by atoms with Gasteiger partial charge in [0.25, 0.3) is 0 Å². The van der Waals surface area contributed by atoms with Crippen molar-refractivity contribution in [2.45, 2.75) is 24.9 Å². The first-order valence-electron chi connectivity index (χ1n) is 7.08. The van der Waals surface area contributed by atoms with Crippen LogP contribution in [0.3, 0.4) is 0 Å². The SMILES string of the molecule is CCOC(=O)CCCSc1n[nH]c(-c2ccc(OC)cc2)n1. The number of ether oxygens (including phenoxy) is 2. The summed E-state index contributed by atoms with van der Waals surface area (Å²) in [6.45, 7) is 2.24. The minimum Gasteiger partial charge on any atom is -0.497 e. The molecule has 0 amide bonds. The molecule has 1 N–H and O–H groups in total. The van der Waals surface area contributed by atoms with Crippen molar-refractivity contribution in [1.29, 1.82) is 0 Å². The molecule has 0 radical (unpaired) electrons. The van der Waals surface area contributed by atoms with E-state index in [1.54, 1.807) is 14.0 Å². The molecular formula is C15H19N3O3S. The Kier molecular flexibility index (Phi) is 6.27. The summed E-state index contributed by atoms with van der Waals surface area (Å²) in [5, 5.41) is 7.76. The fourth-order valence-electron chi connectivity index (χ4n) is 1.80. The number of aromatic nitrogens is 3. The number of benzene rings is 1. The number of carbonyl (C=O) groups is 1. The molecule has 2 aromatic rings. The van der Waals surface area contributed by atoms with Gasteiger partial charge in [-0.05, 0) is 37.6 Å². The minimum atomic E-state index is -0.156. The van der Waals surface area contributed by atoms with Gasteiger partial charge < -0.3 is 9.47 Å². The summed E-state index contributed by atoms with van der Waals surface area (Å²) in [7, 11) is 1.63. The predicted molar refractivity (Wildman–Crippen MR) is 85.0 cm³/mol. The highest BCUT2D eigenvalue weighted by molar-refractivity contribution is 7.99. The van der Waals surface area contributed by atoms with E-state index in [4.69, 9.17) is 9.47 Å². The van der Waals surface area contributed by atoms with Crippen molar-refractivity contribution in [3.8, 4) is 17.1 Å². The number of carbonyl (C=O) groups excluding carboxylic acids is 1. The molecule has 1 aromatic carbocycles. The average molecular weight is 321 g/mol. The maximum Gasteiger partial charge on any atom is 0.305 e. The van der Waals surface area contributed by atoms with Gasteiger partial charge in [0.15, 0.2) is 5.82 Å². The Labute approximate surface area is 133 Å². The summed E-state index contributed by atoms with van der Waals surface area (Å²) in [5.74, 6) is 2.14. The molecule has 0 spiro atoms. The van der Waals surface area contributed by atoms with Crippen molar-refractivity contribution in [1.82, 2.24) is 15.2 Å². The number of esters is 1. The second-order valence-electron chi connectivity index (χ2n) is 4.45. The van der Waals surface area contributed by atoms with Gasteiger partial charge in [0.05, 0.1) is 13.7 Å². The highest BCUT2D eigenvalue weighted by Crippen LogP contribution is 2.22. The van der Waals surface area contributed by atoms with Gasteiger partial charge in [-0.2, -0.15) is 0 Å². The number of H-pyrrole nitrogens is 1. The zero-order chi connectivity index (χ0) is 15.8. The monoisotopic (exact) mass is 321 g/mol. The van der Waals surface area contributed by atoms with Gasteiger partial charge in [0, 0.05) is 17.7 Å². The summed E-state index contributed by atoms with van der Waals surface area (Å²) < 4.78 is 10.0. The van der Waals surface area contributed by atoms with Gasteiger partial charge in [-0.25, -0.2) is 4.98 Å². The lowest BCUT2D eigenvalue weighted by atomic mass is 10.2. The first kappa shape index (κ1) is 16.4. The zero-order valence-corrected chi connectivity index (χ0v) is 13.5. The molecule has 0 atom stereocenters. The largest absolute Gasteiger partial charge is 0.497 e. The van der Waals surface area contributed by atoms with Crippen molar-refractivity contribution >= 4 is 17.7 Å². The van der Waals surface area contributed by atoms with Crippen LogP contribution in [0.25, 0.3) is 11.4 Å². The molecule has 1 aromatic heterocycles. The molecule has 7 heteroatoms. The molecule has 0 aliphatic heterocycles. The standard InChI is InChI=1S/C15H19N3O3S/c1-3-21-13(19)5-4-10-22-15-16-14(17-18-15)11-6-8-12(20-2)9-7-11/h6-9H,3-5,10H2,1-2H3,(H,16,17,18). The highest BCUT2D eigenvalue weighted by Gasteiger charge is 2.07. The number of hydrogen-bond donors (Lipinski definition) is 1. The number of thioether (sulfide) groups is 1. The number of rotatable bonds is 8. The van der Waals surface area contributed by atoms with Crippen molar-refractivity contribution in [3.05, 3.63) is 24.3 Å². The maximum absolute atomic E-state index is 11.2. The highest BCUT2D eigenvalue weighted by atomic mass is 32.2. The van der Waals surface area contributed by atoms with Crippen molar-refractivity contribution < 1.29 is 14.3 Å². The van der Waals surface area contributed by atoms with Crippen LogP contribution in [0.15, 0.2) is 29.4 Å². The molecule has 0 saturated carbocycles. The van der Waals surface area contributed by atoms with E-state index in [1.807, 2.05) is 24.3 Å². The van der Waals surface area contributed by atoms with Crippen LogP contribution in [-0.2, 0) is 9.53 Å². The number of nitrogens with zero attached hydrogens (tertiary/aromatic N) is 2. The van der Waals surface area contributed by atoms with Crippen LogP contribution in [-0.4, -0.2) is 40.6 Å². The van der Waals surface area contributed by atoms with E-state index in [0.717, 1.165) is 29.3 Å². The summed E-state index contributed by atoms with van der Waals surface area (Å²) in [5.41, 5.74) is 0.951. The number of hydrogen-bond acceptors (Lipinski definition) is 6. The molecular weight excluding hydrogens is 302 g/mol. The van der Waals surface area contributed by atoms with E-state index in [0.29, 0.717) is 18.2 Å². The Morgan fingerprint density at radius 3 is 2.77 bits per heavy atom. The molecule has 22 heavy (non-hydrogen) atoms. The quantitative estimate of drug-likeness (QED) is 0.457. The Morgan fingerprint density at radius 1 is 1.32 bits per heavy atom. The lowest BCUT2D eigenvalue weighted by molar-refractivity contribution is -0.143. The molecule has 1 heterocycles. The molecule has 0 aliphatic rings. The normalized spacial score (nSPS) is 10.5. The van der Waals surface area contributed by atoms with Gasteiger partial charge in [-0.3, -0.25) is 9.89 Å². The summed E-state index contributed by atoms with van der Waals surface area (Å²) in [6, 6.07) is 7.61. The smallest absolute Gasteiger partial charge is 0.305 e. The van der Waals surface area contributed by atoms with Crippen LogP contribution in [0, 0.1) is 0 Å². The van der Waals surface area contributed by atoms with Gasteiger partial charge >= 0.3 is 5.97 Å². The average Bonchev–Trinajstić information content (AvgIpc) is 3.01. The minimum absolute atomic E-state index is 0.156. The van der Waals surface area contributed by atoms with E-state index < -0.39 is 0 Å². The first-order chi connectivity index (χ1) is 10.7. The second-order valence-corrected chi connectivity index (χ2v) is 5.51. The van der Waals surface area contributed by atoms with Crippen LogP contribution < -0.4 is 4.74 Å². The third-order valence-electron chi connectivity index (χ3n) is 2.89. The molecule has 2 rings (SSSR count). The Balaban J connectivity index is 1.82. The van der Waals surface area contributed by atoms with Crippen LogP contribution in [0.1, 0.15) is 19.8 Å². The number of aromatic amines is 1. The molecule has 0 aliphatic carbocycles. The fourth-order valence-corrected chi connectivity index (χ4v) is 2.54. The lowest BCUT2D eigenvalue weighted by Crippen LogP contribution is -2.03. The van der Waals surface area contributed by atoms with Gasteiger partial charge in [-0.15, -0.1) is 5.10 Å². The maximum atomic E-state index is 11.2. The number of methoxy groups -OCH3 is 1. The summed E-state index contributed by atoms with van der Waals surface area (Å²) in [6.07, 6.45) is 1.17. The first-order valence-corrected chi connectivity index (χ1v) is 8.06. The summed E-state index contributed by atoms with van der Waals surface area (Å²) >= 11 is 1.52. The van der Waals surface area contributed by atoms with Crippen LogP contribution in [0.4, 0.5) is 0 Å². The van der Waals surface area contributed by atoms with E-state index >= 15 is 0 Å². The van der Waals surface area contributed by atoms with E-state index in [-0.39, 0.29) is 5.97 Å². The van der Waals surface area contributed by atoms with Crippen molar-refractivity contribution in [2.24, 2.45) is 0 Å². The Morgan fingerprint density at radius 2 is 2.09 bits per heavy atom. The topological polar surface area (TPSA) is 77.1 Å². The van der Waals surface area contributed by atoms with Crippen LogP contribution in [0.2, 0.25) is 0 Å². The van der Waals surface area contributed by atoms with Crippen molar-refractivity contribution in [3.63, 3.8) is 0 Å². The lowest BCUT2D eigenvalue weighted by Gasteiger charge is -2.00. The molecule has 0 unspecified atom stereocenters. The molecule has 6 nitrogen and oxygen atoms in total. The van der Waals surface area contributed by atoms with Gasteiger partial charge in [0.2, 0.25) is 5.16 Å². The molecule has 0 bridgehead atoms. The zero-order valence-electron chi connectivity index (χ0n) is 12.7. The van der Waals surface area contributed by atoms with Gasteiger partial charge in [0.1, 0.15) is 5.75 Å². The van der Waals surface area contributed by atoms with E-state index in [1.165, 1.54) is 11.8 Å². The number of nitrogens with one attached hydrogen (secondary N) is 1. The third-order valence-corrected chi connectivity index (χ3v) is 3.82. The second kappa shape index (κ2) is 8.43. The van der Waals surface area contributed by atoms with Crippen molar-refractivity contribution in [2.75, 3.05) is 19.5 Å². The van der Waals surface area contributed by atoms with Gasteiger partial charge in [-0.1, -0.05) is 11.8 Å². The van der Waals surface area contributed by atoms with Crippen LogP contribution in [0.5, 0.6) is 5.75 Å².